The largest absolute Gasteiger partial charge is 0.492 e. The maximum atomic E-state index is 12.6. The van der Waals surface area contributed by atoms with E-state index in [0.29, 0.717) is 31.7 Å². The molecule has 1 aromatic carbocycles. The highest BCUT2D eigenvalue weighted by atomic mass is 32.2. The molecule has 0 saturated carbocycles. The lowest BCUT2D eigenvalue weighted by atomic mass is 9.94. The second-order valence-corrected chi connectivity index (χ2v) is 10.2. The van der Waals surface area contributed by atoms with E-state index in [0.717, 1.165) is 38.0 Å². The molecule has 1 amide bonds. The van der Waals surface area contributed by atoms with Crippen LogP contribution < -0.4 is 4.74 Å². The number of nitrogens with zero attached hydrogens (tertiary/aromatic N) is 3. The summed E-state index contributed by atoms with van der Waals surface area (Å²) in [6.45, 7) is 2.51. The van der Waals surface area contributed by atoms with Gasteiger partial charge in [-0.3, -0.25) is 4.79 Å². The summed E-state index contributed by atoms with van der Waals surface area (Å²) in [6, 6.07) is 10.9. The molecule has 0 aliphatic carbocycles. The molecule has 31 heavy (non-hydrogen) atoms. The molecule has 2 saturated heterocycles. The summed E-state index contributed by atoms with van der Waals surface area (Å²) in [5, 5.41) is 4.12. The molecular weight excluding hydrogens is 418 g/mol. The van der Waals surface area contributed by atoms with E-state index in [-0.39, 0.29) is 29.9 Å². The van der Waals surface area contributed by atoms with Gasteiger partial charge in [-0.15, -0.1) is 0 Å². The van der Waals surface area contributed by atoms with Crippen molar-refractivity contribution in [3.05, 3.63) is 47.9 Å². The van der Waals surface area contributed by atoms with E-state index in [2.05, 4.69) is 5.16 Å². The minimum absolute atomic E-state index is 0.0506. The molecule has 2 aliphatic heterocycles. The molecule has 9 heteroatoms. The van der Waals surface area contributed by atoms with E-state index in [4.69, 9.17) is 9.26 Å². The molecule has 1 aromatic heterocycles. The monoisotopic (exact) mass is 447 g/mol. The SMILES string of the molecule is O=C(c1cc(C2CCN(S(=O)(=O)CCOc3ccccc3)CC2)no1)N1CCCCC1. The fraction of sp³-hybridized carbons (Fsp3) is 0.545. The van der Waals surface area contributed by atoms with Crippen LogP contribution in [0.3, 0.4) is 0 Å². The van der Waals surface area contributed by atoms with Gasteiger partial charge in [0.15, 0.2) is 0 Å². The summed E-state index contributed by atoms with van der Waals surface area (Å²) in [6.07, 6.45) is 4.52. The van der Waals surface area contributed by atoms with Crippen LogP contribution in [0.25, 0.3) is 0 Å². The van der Waals surface area contributed by atoms with Gasteiger partial charge in [0.1, 0.15) is 12.4 Å². The molecule has 0 bridgehead atoms. The lowest BCUT2D eigenvalue weighted by Crippen LogP contribution is -2.40. The molecule has 0 radical (unpaired) electrons. The Morgan fingerprint density at radius 2 is 1.77 bits per heavy atom. The molecule has 168 valence electrons. The van der Waals surface area contributed by atoms with Gasteiger partial charge in [0.25, 0.3) is 5.91 Å². The maximum Gasteiger partial charge on any atom is 0.292 e. The zero-order valence-electron chi connectivity index (χ0n) is 17.6. The molecule has 2 aliphatic rings. The van der Waals surface area contributed by atoms with Crippen LogP contribution in [-0.4, -0.2) is 67.2 Å². The number of piperidine rings is 2. The summed E-state index contributed by atoms with van der Waals surface area (Å²) < 4.78 is 37.7. The number of benzene rings is 1. The van der Waals surface area contributed by atoms with Gasteiger partial charge >= 0.3 is 0 Å². The number of carbonyl (C=O) groups excluding carboxylic acids is 1. The Balaban J connectivity index is 1.27. The van der Waals surface area contributed by atoms with E-state index in [9.17, 15) is 13.2 Å². The van der Waals surface area contributed by atoms with Gasteiger partial charge in [-0.25, -0.2) is 12.7 Å². The minimum Gasteiger partial charge on any atom is -0.492 e. The third-order valence-corrected chi connectivity index (χ3v) is 7.84. The smallest absolute Gasteiger partial charge is 0.292 e. The molecular formula is C22H29N3O5S. The van der Waals surface area contributed by atoms with Crippen molar-refractivity contribution in [2.75, 3.05) is 38.5 Å². The van der Waals surface area contributed by atoms with E-state index in [1.54, 1.807) is 18.2 Å². The summed E-state index contributed by atoms with van der Waals surface area (Å²) in [7, 11) is -3.38. The van der Waals surface area contributed by atoms with E-state index < -0.39 is 10.0 Å². The van der Waals surface area contributed by atoms with Crippen molar-refractivity contribution < 1.29 is 22.5 Å². The Morgan fingerprint density at radius 1 is 1.06 bits per heavy atom. The standard InChI is InChI=1S/C22H29N3O5S/c26-22(24-11-5-2-6-12-24)21-17-20(23-30-21)18-9-13-25(14-10-18)31(27,28)16-15-29-19-7-3-1-4-8-19/h1,3-4,7-8,17-18H,2,5-6,9-16H2. The first kappa shape index (κ1) is 21.8. The van der Waals surface area contributed by atoms with E-state index in [1.165, 1.54) is 4.31 Å². The van der Waals surface area contributed by atoms with Crippen molar-refractivity contribution in [1.82, 2.24) is 14.4 Å². The molecule has 0 atom stereocenters. The Labute approximate surface area is 183 Å². The fourth-order valence-corrected chi connectivity index (χ4v) is 5.49. The van der Waals surface area contributed by atoms with Crippen LogP contribution in [0.2, 0.25) is 0 Å². The van der Waals surface area contributed by atoms with Gasteiger partial charge in [0, 0.05) is 38.2 Å². The van der Waals surface area contributed by atoms with Gasteiger partial charge in [-0.1, -0.05) is 23.4 Å². The van der Waals surface area contributed by atoms with Gasteiger partial charge < -0.3 is 14.2 Å². The lowest BCUT2D eigenvalue weighted by molar-refractivity contribution is 0.0682. The van der Waals surface area contributed by atoms with Gasteiger partial charge in [-0.2, -0.15) is 0 Å². The van der Waals surface area contributed by atoms with E-state index in [1.807, 2.05) is 23.1 Å². The van der Waals surface area contributed by atoms with Crippen molar-refractivity contribution in [2.45, 2.75) is 38.0 Å². The number of sulfonamides is 1. The number of hydrogen-bond acceptors (Lipinski definition) is 6. The molecule has 0 N–H and O–H groups in total. The number of ether oxygens (including phenoxy) is 1. The summed E-state index contributed by atoms with van der Waals surface area (Å²) >= 11 is 0. The topological polar surface area (TPSA) is 93.0 Å². The van der Waals surface area contributed by atoms with Crippen LogP contribution in [0, 0.1) is 0 Å². The highest BCUT2D eigenvalue weighted by molar-refractivity contribution is 7.89. The highest BCUT2D eigenvalue weighted by Crippen LogP contribution is 2.29. The normalized spacial score (nSPS) is 18.8. The number of amides is 1. The summed E-state index contributed by atoms with van der Waals surface area (Å²) in [5.41, 5.74) is 0.741. The molecule has 2 aromatic rings. The lowest BCUT2D eigenvalue weighted by Gasteiger charge is -2.30. The Bertz CT molecular complexity index is 962. The van der Waals surface area contributed by atoms with Gasteiger partial charge in [0.2, 0.25) is 15.8 Å². The Hall–Kier alpha value is -2.39. The number of rotatable bonds is 7. The van der Waals surface area contributed by atoms with Crippen LogP contribution in [0.4, 0.5) is 0 Å². The fourth-order valence-electron chi connectivity index (χ4n) is 4.18. The van der Waals surface area contributed by atoms with Crippen LogP contribution in [0.5, 0.6) is 5.75 Å². The number of likely N-dealkylation sites (tertiary alicyclic amines) is 1. The van der Waals surface area contributed by atoms with Crippen molar-refractivity contribution in [3.8, 4) is 5.75 Å². The predicted octanol–water partition coefficient (Wildman–Crippen LogP) is 2.89. The predicted molar refractivity (Wildman–Crippen MR) is 116 cm³/mol. The first-order valence-electron chi connectivity index (χ1n) is 10.9. The molecule has 0 spiro atoms. The van der Waals surface area contributed by atoms with Crippen molar-refractivity contribution >= 4 is 15.9 Å². The highest BCUT2D eigenvalue weighted by Gasteiger charge is 2.31. The van der Waals surface area contributed by atoms with Crippen LogP contribution in [-0.2, 0) is 10.0 Å². The quantitative estimate of drug-likeness (QED) is 0.648. The third-order valence-electron chi connectivity index (χ3n) is 6.00. The summed E-state index contributed by atoms with van der Waals surface area (Å²) in [4.78, 5) is 14.4. The molecule has 3 heterocycles. The number of carbonyl (C=O) groups is 1. The Morgan fingerprint density at radius 3 is 2.48 bits per heavy atom. The van der Waals surface area contributed by atoms with Crippen molar-refractivity contribution in [3.63, 3.8) is 0 Å². The molecule has 2 fully saturated rings. The zero-order chi connectivity index (χ0) is 21.7. The molecule has 0 unspecified atom stereocenters. The average molecular weight is 448 g/mol. The number of para-hydroxylation sites is 1. The first-order valence-corrected chi connectivity index (χ1v) is 12.6. The second-order valence-electron chi connectivity index (χ2n) is 8.12. The first-order chi connectivity index (χ1) is 15.0. The van der Waals surface area contributed by atoms with Crippen molar-refractivity contribution in [2.24, 2.45) is 0 Å². The van der Waals surface area contributed by atoms with Gasteiger partial charge in [-0.05, 0) is 44.2 Å². The van der Waals surface area contributed by atoms with Crippen LogP contribution >= 0.6 is 0 Å². The summed E-state index contributed by atoms with van der Waals surface area (Å²) in [5.74, 6) is 0.892. The van der Waals surface area contributed by atoms with Crippen LogP contribution in [0.15, 0.2) is 40.9 Å². The Kier molecular flexibility index (Phi) is 6.92. The van der Waals surface area contributed by atoms with Gasteiger partial charge in [0.05, 0.1) is 11.4 Å². The minimum atomic E-state index is -3.38. The van der Waals surface area contributed by atoms with Crippen molar-refractivity contribution in [1.29, 1.82) is 0 Å². The molecule has 8 nitrogen and oxygen atoms in total. The number of hydrogen-bond donors (Lipinski definition) is 0. The third kappa shape index (κ3) is 5.46. The average Bonchev–Trinajstić information content (AvgIpc) is 3.30. The zero-order valence-corrected chi connectivity index (χ0v) is 18.4. The second kappa shape index (κ2) is 9.82. The molecule has 4 rings (SSSR count). The maximum absolute atomic E-state index is 12.6. The number of aromatic nitrogens is 1. The van der Waals surface area contributed by atoms with E-state index >= 15 is 0 Å². The van der Waals surface area contributed by atoms with Crippen LogP contribution in [0.1, 0.15) is 54.3 Å².